The highest BCUT2D eigenvalue weighted by Gasteiger charge is 2.56. The van der Waals surface area contributed by atoms with E-state index in [-0.39, 0.29) is 12.5 Å². The fraction of sp³-hybridized carbons (Fsp3) is 0.281. The Balaban J connectivity index is 1.46. The van der Waals surface area contributed by atoms with Gasteiger partial charge in [0.1, 0.15) is 5.75 Å². The minimum absolute atomic E-state index is 0.0652. The molecule has 1 spiro atoms. The minimum atomic E-state index is -1.32. The number of halogens is 2. The molecule has 1 amide bonds. The van der Waals surface area contributed by atoms with Crippen molar-refractivity contribution in [2.24, 2.45) is 4.99 Å². The molecule has 2 aliphatic heterocycles. The van der Waals surface area contributed by atoms with Crippen molar-refractivity contribution in [3.8, 4) is 5.75 Å². The first kappa shape index (κ1) is 28.7. The molecule has 0 unspecified atom stereocenters. The number of thiazole rings is 1. The van der Waals surface area contributed by atoms with Gasteiger partial charge in [-0.15, -0.1) is 11.3 Å². The number of ether oxygens (including phenoxy) is 2. The molecule has 0 saturated heterocycles. The monoisotopic (exact) mass is 621 g/mol. The molecule has 4 aromatic rings. The Morgan fingerprint density at radius 2 is 1.90 bits per heavy atom. The molecule has 0 saturated carbocycles. The van der Waals surface area contributed by atoms with E-state index in [0.717, 1.165) is 21.8 Å². The molecule has 0 bridgehead atoms. The van der Waals surface area contributed by atoms with E-state index in [1.807, 2.05) is 65.7 Å². The second-order valence-electron chi connectivity index (χ2n) is 10.4. The van der Waals surface area contributed by atoms with Crippen LogP contribution in [0.1, 0.15) is 45.5 Å². The molecule has 216 valence electrons. The summed E-state index contributed by atoms with van der Waals surface area (Å²) in [6, 6.07) is 20.7. The van der Waals surface area contributed by atoms with Gasteiger partial charge >= 0.3 is 0 Å². The van der Waals surface area contributed by atoms with E-state index in [1.165, 1.54) is 0 Å². The van der Waals surface area contributed by atoms with Crippen LogP contribution in [0.15, 0.2) is 77.1 Å². The lowest BCUT2D eigenvalue weighted by molar-refractivity contribution is -0.140. The summed E-state index contributed by atoms with van der Waals surface area (Å²) in [5, 5.41) is 12.9. The van der Waals surface area contributed by atoms with Crippen LogP contribution in [0.25, 0.3) is 0 Å². The largest absolute Gasteiger partial charge is 0.494 e. The van der Waals surface area contributed by atoms with Crippen molar-refractivity contribution in [1.82, 2.24) is 9.88 Å². The molecule has 10 heteroatoms. The first-order valence-corrected chi connectivity index (χ1v) is 15.3. The van der Waals surface area contributed by atoms with Crippen LogP contribution in [-0.4, -0.2) is 45.5 Å². The van der Waals surface area contributed by atoms with Crippen LogP contribution in [0.5, 0.6) is 5.75 Å². The number of hydrogen-bond acceptors (Lipinski definition) is 7. The number of aliphatic hydroxyl groups excluding tert-OH is 1. The topological polar surface area (TPSA) is 84.2 Å². The quantitative estimate of drug-likeness (QED) is 0.225. The molecule has 0 aliphatic carbocycles. The van der Waals surface area contributed by atoms with Crippen molar-refractivity contribution in [2.45, 2.75) is 44.5 Å². The van der Waals surface area contributed by atoms with Crippen LogP contribution < -0.4 is 4.74 Å². The van der Waals surface area contributed by atoms with Gasteiger partial charge in [0.05, 0.1) is 23.9 Å². The highest BCUT2D eigenvalue weighted by Crippen LogP contribution is 2.47. The fourth-order valence-corrected chi connectivity index (χ4v) is 6.60. The summed E-state index contributed by atoms with van der Waals surface area (Å²) in [7, 11) is 0. The van der Waals surface area contributed by atoms with Crippen molar-refractivity contribution in [2.75, 3.05) is 13.2 Å². The van der Waals surface area contributed by atoms with E-state index in [2.05, 4.69) is 11.1 Å². The zero-order chi connectivity index (χ0) is 29.3. The van der Waals surface area contributed by atoms with Crippen LogP contribution in [0.2, 0.25) is 10.0 Å². The summed E-state index contributed by atoms with van der Waals surface area (Å²) in [5.74, 6) is 0.867. The van der Waals surface area contributed by atoms with Crippen molar-refractivity contribution < 1.29 is 19.4 Å². The van der Waals surface area contributed by atoms with Gasteiger partial charge in [-0.1, -0.05) is 53.5 Å². The molecule has 1 N–H and O–H groups in total. The van der Waals surface area contributed by atoms with Gasteiger partial charge in [0.2, 0.25) is 5.90 Å². The maximum Gasteiger partial charge on any atom is 0.255 e. The van der Waals surface area contributed by atoms with E-state index in [0.29, 0.717) is 65.4 Å². The highest BCUT2D eigenvalue weighted by atomic mass is 35.5. The summed E-state index contributed by atoms with van der Waals surface area (Å²) >= 11 is 14.6. The van der Waals surface area contributed by atoms with Crippen molar-refractivity contribution >= 4 is 46.3 Å². The van der Waals surface area contributed by atoms with Gasteiger partial charge in [-0.2, -0.15) is 0 Å². The van der Waals surface area contributed by atoms with Gasteiger partial charge < -0.3 is 19.5 Å². The molecule has 3 heterocycles. The number of carbonyl (C=O) groups excluding carboxylic acids is 1. The Bertz CT molecular complexity index is 1640. The number of aliphatic hydroxyl groups is 1. The third-order valence-electron chi connectivity index (χ3n) is 7.50. The van der Waals surface area contributed by atoms with E-state index in [1.54, 1.807) is 23.5 Å². The zero-order valence-electron chi connectivity index (χ0n) is 22.9. The van der Waals surface area contributed by atoms with Gasteiger partial charge in [0.25, 0.3) is 5.91 Å². The van der Waals surface area contributed by atoms with Crippen LogP contribution in [0.4, 0.5) is 0 Å². The third kappa shape index (κ3) is 5.64. The van der Waals surface area contributed by atoms with Crippen LogP contribution in [0, 0.1) is 6.92 Å². The Labute approximate surface area is 258 Å². The molecule has 0 fully saturated rings. The second-order valence-corrected chi connectivity index (χ2v) is 12.3. The van der Waals surface area contributed by atoms with Gasteiger partial charge in [-0.25, -0.2) is 9.98 Å². The number of rotatable bonds is 8. The molecule has 42 heavy (non-hydrogen) atoms. The van der Waals surface area contributed by atoms with E-state index < -0.39 is 11.6 Å². The van der Waals surface area contributed by atoms with Crippen LogP contribution in [0.3, 0.4) is 0 Å². The number of amides is 1. The van der Waals surface area contributed by atoms with Gasteiger partial charge in [0.15, 0.2) is 11.6 Å². The molecule has 3 aromatic carbocycles. The van der Waals surface area contributed by atoms with Crippen molar-refractivity contribution in [3.05, 3.63) is 115 Å². The Morgan fingerprint density at radius 3 is 2.62 bits per heavy atom. The number of aryl methyl sites for hydroxylation is 1. The van der Waals surface area contributed by atoms with Crippen LogP contribution >= 0.6 is 34.5 Å². The molecule has 1 aromatic heterocycles. The average molecular weight is 623 g/mol. The third-order valence-corrected chi connectivity index (χ3v) is 8.88. The molecule has 0 radical (unpaired) electrons. The first-order valence-electron chi connectivity index (χ1n) is 13.7. The molecule has 7 nitrogen and oxygen atoms in total. The fourth-order valence-electron chi connectivity index (χ4n) is 5.49. The Kier molecular flexibility index (Phi) is 8.23. The van der Waals surface area contributed by atoms with Gasteiger partial charge in [-0.3, -0.25) is 4.79 Å². The van der Waals surface area contributed by atoms with E-state index in [4.69, 9.17) is 42.8 Å². The number of aromatic nitrogens is 1. The van der Waals surface area contributed by atoms with Gasteiger partial charge in [0, 0.05) is 52.5 Å². The maximum absolute atomic E-state index is 14.8. The summed E-state index contributed by atoms with van der Waals surface area (Å²) < 4.78 is 12.3. The van der Waals surface area contributed by atoms with E-state index >= 15 is 0 Å². The highest BCUT2D eigenvalue weighted by molar-refractivity contribution is 7.09. The lowest BCUT2D eigenvalue weighted by atomic mass is 9.81. The maximum atomic E-state index is 14.8. The summed E-state index contributed by atoms with van der Waals surface area (Å²) in [6.07, 6.45) is 0.0879. The smallest absolute Gasteiger partial charge is 0.255 e. The minimum Gasteiger partial charge on any atom is -0.494 e. The molecule has 2 aliphatic rings. The first-order chi connectivity index (χ1) is 20.4. The predicted molar refractivity (Wildman–Crippen MR) is 164 cm³/mol. The summed E-state index contributed by atoms with van der Waals surface area (Å²) in [5.41, 5.74) is 2.95. The predicted octanol–water partition coefficient (Wildman–Crippen LogP) is 6.56. The molecular formula is C32H29Cl2N3O4S. The lowest BCUT2D eigenvalue weighted by Crippen LogP contribution is -2.49. The Morgan fingerprint density at radius 1 is 1.12 bits per heavy atom. The number of aliphatic imine (C=N–C) groups is 1. The normalized spacial score (nSPS) is 19.8. The van der Waals surface area contributed by atoms with E-state index in [9.17, 15) is 4.79 Å². The average Bonchev–Trinajstić information content (AvgIpc) is 3.54. The van der Waals surface area contributed by atoms with Crippen LogP contribution in [-0.2, 0) is 29.0 Å². The van der Waals surface area contributed by atoms with Gasteiger partial charge in [-0.05, 0) is 54.4 Å². The lowest BCUT2D eigenvalue weighted by Gasteiger charge is -2.33. The Hall–Kier alpha value is -3.43. The number of carbonyl (C=O) groups is 1. The SMILES string of the molecule is Cc1nc(CN2Cc3ccccc3C[C@]3(N=C(c4ccc(OCCCO)cc4)O[C@@H]3c3ccc(Cl)cc3Cl)C2=O)cs1. The molecule has 6 rings (SSSR count). The van der Waals surface area contributed by atoms with Crippen molar-refractivity contribution in [3.63, 3.8) is 0 Å². The number of benzene rings is 3. The number of hydrogen-bond donors (Lipinski definition) is 1. The summed E-state index contributed by atoms with van der Waals surface area (Å²) in [6.45, 7) is 3.22. The zero-order valence-corrected chi connectivity index (χ0v) is 25.3. The van der Waals surface area contributed by atoms with Crippen molar-refractivity contribution in [1.29, 1.82) is 0 Å². The number of fused-ring (bicyclic) bond motifs is 1. The number of nitrogens with zero attached hydrogens (tertiary/aromatic N) is 3. The second kappa shape index (κ2) is 12.1. The molecular weight excluding hydrogens is 593 g/mol. The molecule has 2 atom stereocenters. The summed E-state index contributed by atoms with van der Waals surface area (Å²) in [4.78, 5) is 26.4. The standard InChI is InChI=1S/C32H29Cl2N3O4S/c1-20-35-25(19-42-20)18-37-17-23-6-3-2-5-22(23)16-32(31(37)39)29(27-12-9-24(33)15-28(27)34)41-30(36-32)21-7-10-26(11-8-21)40-14-4-13-38/h2-3,5-12,15,19,29,38H,4,13-14,16-18H2,1H3/t29-,32-/m1/s1.